The summed E-state index contributed by atoms with van der Waals surface area (Å²) < 4.78 is 0. The van der Waals surface area contributed by atoms with Crippen LogP contribution in [0.3, 0.4) is 0 Å². The van der Waals surface area contributed by atoms with E-state index < -0.39 is 0 Å². The van der Waals surface area contributed by atoms with E-state index in [4.69, 9.17) is 9.97 Å². The van der Waals surface area contributed by atoms with Crippen LogP contribution in [0.1, 0.15) is 47.0 Å². The van der Waals surface area contributed by atoms with E-state index in [1.54, 1.807) is 0 Å². The van der Waals surface area contributed by atoms with Gasteiger partial charge in [0.15, 0.2) is 0 Å². The van der Waals surface area contributed by atoms with E-state index in [-0.39, 0.29) is 0 Å². The molecule has 2 aliphatic rings. The van der Waals surface area contributed by atoms with Crippen molar-refractivity contribution >= 4 is 5.82 Å². The second-order valence-electron chi connectivity index (χ2n) is 6.17. The van der Waals surface area contributed by atoms with E-state index in [0.29, 0.717) is 5.92 Å². The Labute approximate surface area is 125 Å². The zero-order valence-corrected chi connectivity index (χ0v) is 12.5. The van der Waals surface area contributed by atoms with Gasteiger partial charge < -0.3 is 5.32 Å². The molecule has 4 rings (SSSR count). The lowest BCUT2D eigenvalue weighted by Crippen LogP contribution is -2.17. The van der Waals surface area contributed by atoms with Gasteiger partial charge in [-0.2, -0.15) is 0 Å². The van der Waals surface area contributed by atoms with Gasteiger partial charge in [0, 0.05) is 24.2 Å². The number of aromatic nitrogens is 2. The molecule has 1 aromatic carbocycles. The molecular formula is C18H21N3. The van der Waals surface area contributed by atoms with Crippen molar-refractivity contribution in [1.29, 1.82) is 0 Å². The molecule has 1 unspecified atom stereocenters. The number of benzene rings is 1. The van der Waals surface area contributed by atoms with E-state index >= 15 is 0 Å². The molecule has 3 nitrogen and oxygen atoms in total. The summed E-state index contributed by atoms with van der Waals surface area (Å²) in [6, 6.07) is 8.80. The topological polar surface area (TPSA) is 37.8 Å². The molecule has 2 aromatic rings. The Bertz CT molecular complexity index is 678. The number of aryl methyl sites for hydroxylation is 2. The molecule has 1 aromatic heterocycles. The number of anilines is 1. The molecule has 0 spiro atoms. The van der Waals surface area contributed by atoms with Crippen LogP contribution < -0.4 is 5.32 Å². The molecule has 1 atom stereocenters. The fourth-order valence-electron chi connectivity index (χ4n) is 3.76. The average molecular weight is 279 g/mol. The number of nitrogens with one attached hydrogen (secondary N) is 1. The Balaban J connectivity index is 1.69. The number of hydrogen-bond acceptors (Lipinski definition) is 3. The van der Waals surface area contributed by atoms with Crippen LogP contribution >= 0.6 is 0 Å². The highest BCUT2D eigenvalue weighted by Gasteiger charge is 2.25. The minimum absolute atomic E-state index is 0.470. The van der Waals surface area contributed by atoms with Crippen LogP contribution in [0.5, 0.6) is 0 Å². The van der Waals surface area contributed by atoms with Crippen molar-refractivity contribution in [2.24, 2.45) is 0 Å². The predicted octanol–water partition coefficient (Wildman–Crippen LogP) is 3.28. The molecule has 0 fully saturated rings. The summed E-state index contributed by atoms with van der Waals surface area (Å²) in [5, 5.41) is 3.27. The van der Waals surface area contributed by atoms with Gasteiger partial charge in [-0.3, -0.25) is 0 Å². The third kappa shape index (κ3) is 2.21. The van der Waals surface area contributed by atoms with Crippen molar-refractivity contribution in [1.82, 2.24) is 9.97 Å². The summed E-state index contributed by atoms with van der Waals surface area (Å²) >= 11 is 0. The van der Waals surface area contributed by atoms with E-state index in [2.05, 4.69) is 29.6 Å². The molecule has 0 saturated carbocycles. The van der Waals surface area contributed by atoms with Gasteiger partial charge in [-0.25, -0.2) is 9.97 Å². The quantitative estimate of drug-likeness (QED) is 0.916. The minimum Gasteiger partial charge on any atom is -0.373 e. The summed E-state index contributed by atoms with van der Waals surface area (Å²) in [6.07, 6.45) is 6.85. The third-order valence-electron chi connectivity index (χ3n) is 4.90. The standard InChI is InChI=1S/C18H21N3/c1-19-18-15-7-4-8-16(15)20-17(21-18)14-10-9-12-5-2-3-6-13(12)11-14/h2-3,5-6,14H,4,7-11H2,1H3,(H,19,20,21). The van der Waals surface area contributed by atoms with Crippen molar-refractivity contribution in [2.75, 3.05) is 12.4 Å². The Hall–Kier alpha value is -1.90. The molecule has 0 bridgehead atoms. The maximum atomic E-state index is 4.91. The Morgan fingerprint density at radius 2 is 1.90 bits per heavy atom. The van der Waals surface area contributed by atoms with E-state index in [9.17, 15) is 0 Å². The minimum atomic E-state index is 0.470. The predicted molar refractivity (Wildman–Crippen MR) is 84.8 cm³/mol. The van der Waals surface area contributed by atoms with Gasteiger partial charge in [-0.1, -0.05) is 24.3 Å². The number of rotatable bonds is 2. The fourth-order valence-corrected chi connectivity index (χ4v) is 3.76. The lowest BCUT2D eigenvalue weighted by atomic mass is 9.83. The van der Waals surface area contributed by atoms with Gasteiger partial charge in [-0.05, 0) is 49.7 Å². The highest BCUT2D eigenvalue weighted by molar-refractivity contribution is 5.48. The maximum Gasteiger partial charge on any atom is 0.134 e. The maximum absolute atomic E-state index is 4.91. The van der Waals surface area contributed by atoms with E-state index in [0.717, 1.165) is 37.3 Å². The second kappa shape index (κ2) is 5.14. The van der Waals surface area contributed by atoms with Gasteiger partial charge in [0.1, 0.15) is 11.6 Å². The molecule has 2 aliphatic carbocycles. The third-order valence-corrected chi connectivity index (χ3v) is 4.90. The smallest absolute Gasteiger partial charge is 0.134 e. The van der Waals surface area contributed by atoms with Crippen LogP contribution in [0, 0.1) is 0 Å². The zero-order valence-electron chi connectivity index (χ0n) is 12.5. The second-order valence-corrected chi connectivity index (χ2v) is 6.17. The first kappa shape index (κ1) is 12.8. The van der Waals surface area contributed by atoms with Crippen molar-refractivity contribution in [3.05, 3.63) is 52.5 Å². The Kier molecular flexibility index (Phi) is 3.13. The van der Waals surface area contributed by atoms with Gasteiger partial charge in [0.05, 0.1) is 0 Å². The Morgan fingerprint density at radius 3 is 2.76 bits per heavy atom. The molecule has 0 amide bonds. The summed E-state index contributed by atoms with van der Waals surface area (Å²) in [5.74, 6) is 2.58. The average Bonchev–Trinajstić information content (AvgIpc) is 3.02. The SMILES string of the molecule is CNc1nc(C2CCc3ccccc3C2)nc2c1CCC2. The Morgan fingerprint density at radius 1 is 1.05 bits per heavy atom. The first-order valence-corrected chi connectivity index (χ1v) is 7.99. The highest BCUT2D eigenvalue weighted by atomic mass is 15.0. The van der Waals surface area contributed by atoms with Gasteiger partial charge in [0.25, 0.3) is 0 Å². The summed E-state index contributed by atoms with van der Waals surface area (Å²) in [7, 11) is 1.97. The van der Waals surface area contributed by atoms with Crippen LogP contribution in [0.15, 0.2) is 24.3 Å². The van der Waals surface area contributed by atoms with Crippen LogP contribution in [-0.2, 0) is 25.7 Å². The molecule has 1 N–H and O–H groups in total. The lowest BCUT2D eigenvalue weighted by Gasteiger charge is -2.24. The van der Waals surface area contributed by atoms with Gasteiger partial charge in [-0.15, -0.1) is 0 Å². The molecular weight excluding hydrogens is 258 g/mol. The number of hydrogen-bond donors (Lipinski definition) is 1. The van der Waals surface area contributed by atoms with Gasteiger partial charge >= 0.3 is 0 Å². The normalized spacial score (nSPS) is 20.0. The zero-order chi connectivity index (χ0) is 14.2. The van der Waals surface area contributed by atoms with Crippen LogP contribution in [0.2, 0.25) is 0 Å². The van der Waals surface area contributed by atoms with Crippen molar-refractivity contribution in [3.63, 3.8) is 0 Å². The van der Waals surface area contributed by atoms with Crippen LogP contribution in [-0.4, -0.2) is 17.0 Å². The molecule has 108 valence electrons. The molecule has 21 heavy (non-hydrogen) atoms. The van der Waals surface area contributed by atoms with Gasteiger partial charge in [0.2, 0.25) is 0 Å². The number of nitrogens with zero attached hydrogens (tertiary/aromatic N) is 2. The summed E-state index contributed by atoms with van der Waals surface area (Å²) in [6.45, 7) is 0. The highest BCUT2D eigenvalue weighted by Crippen LogP contribution is 2.34. The molecule has 3 heteroatoms. The van der Waals surface area contributed by atoms with Crippen molar-refractivity contribution in [3.8, 4) is 0 Å². The van der Waals surface area contributed by atoms with Crippen molar-refractivity contribution < 1.29 is 0 Å². The molecule has 0 radical (unpaired) electrons. The first-order chi connectivity index (χ1) is 10.3. The fraction of sp³-hybridized carbons (Fsp3) is 0.444. The number of fused-ring (bicyclic) bond motifs is 2. The monoisotopic (exact) mass is 279 g/mol. The van der Waals surface area contributed by atoms with Crippen LogP contribution in [0.4, 0.5) is 5.82 Å². The van der Waals surface area contributed by atoms with Crippen molar-refractivity contribution in [2.45, 2.75) is 44.4 Å². The van der Waals surface area contributed by atoms with Crippen LogP contribution in [0.25, 0.3) is 0 Å². The lowest BCUT2D eigenvalue weighted by molar-refractivity contribution is 0.553. The van der Waals surface area contributed by atoms with E-state index in [1.165, 1.54) is 35.2 Å². The largest absolute Gasteiger partial charge is 0.373 e. The summed E-state index contributed by atoms with van der Waals surface area (Å²) in [4.78, 5) is 9.74. The van der Waals surface area contributed by atoms with E-state index in [1.807, 2.05) is 7.05 Å². The molecule has 1 heterocycles. The molecule has 0 saturated heterocycles. The first-order valence-electron chi connectivity index (χ1n) is 7.99. The molecule has 0 aliphatic heterocycles. The summed E-state index contributed by atoms with van der Waals surface area (Å²) in [5.41, 5.74) is 5.60.